The van der Waals surface area contributed by atoms with Gasteiger partial charge < -0.3 is 24.6 Å². The largest absolute Gasteiger partial charge is 0.383 e. The number of nitrogens with one attached hydrogen (secondary N) is 1. The van der Waals surface area contributed by atoms with Crippen molar-refractivity contribution in [1.29, 1.82) is 0 Å². The highest BCUT2D eigenvalue weighted by Gasteiger charge is 2.30. The number of anilines is 1. The monoisotopic (exact) mass is 594 g/mol. The lowest BCUT2D eigenvalue weighted by atomic mass is 10.0. The van der Waals surface area contributed by atoms with Crippen LogP contribution in [0.3, 0.4) is 0 Å². The number of nitrogens with zero attached hydrogens (tertiary/aromatic N) is 3. The number of carbonyl (C=O) groups excluding carboxylic acids is 2. The van der Waals surface area contributed by atoms with Gasteiger partial charge in [0.1, 0.15) is 5.00 Å². The maximum absolute atomic E-state index is 13.7. The molecule has 10 nitrogen and oxygen atoms in total. The van der Waals surface area contributed by atoms with Gasteiger partial charge in [-0.25, -0.2) is 8.42 Å². The molecule has 0 aliphatic carbocycles. The molecule has 0 radical (unpaired) electrons. The molecule has 1 aromatic carbocycles. The third kappa shape index (κ3) is 7.68. The van der Waals surface area contributed by atoms with Gasteiger partial charge >= 0.3 is 0 Å². The summed E-state index contributed by atoms with van der Waals surface area (Å²) < 4.78 is 37.9. The van der Waals surface area contributed by atoms with Crippen LogP contribution in [0.1, 0.15) is 57.8 Å². The highest BCUT2D eigenvalue weighted by molar-refractivity contribution is 7.89. The fourth-order valence-electron chi connectivity index (χ4n) is 4.70. The second-order valence-electron chi connectivity index (χ2n) is 9.86. The van der Waals surface area contributed by atoms with E-state index < -0.39 is 15.9 Å². The Morgan fingerprint density at radius 3 is 2.15 bits per heavy atom. The molecule has 0 spiro atoms. The predicted octanol–water partition coefficient (Wildman–Crippen LogP) is 3.53. The highest BCUT2D eigenvalue weighted by atomic mass is 32.2. The van der Waals surface area contributed by atoms with Crippen LogP contribution in [0.25, 0.3) is 0 Å². The average molecular weight is 595 g/mol. The molecule has 0 saturated carbocycles. The summed E-state index contributed by atoms with van der Waals surface area (Å²) in [6.07, 6.45) is 2.46. The molecule has 2 heterocycles. The molecule has 2 aromatic rings. The number of fused-ring (bicyclic) bond motifs is 1. The maximum Gasteiger partial charge on any atom is 0.257 e. The van der Waals surface area contributed by atoms with Gasteiger partial charge in [-0.05, 0) is 56.1 Å². The van der Waals surface area contributed by atoms with E-state index in [0.29, 0.717) is 29.2 Å². The first kappa shape index (κ1) is 32.2. The number of ether oxygens (including phenoxy) is 2. The van der Waals surface area contributed by atoms with E-state index in [1.807, 2.05) is 11.9 Å². The van der Waals surface area contributed by atoms with Crippen molar-refractivity contribution in [3.05, 3.63) is 45.8 Å². The molecule has 1 aliphatic heterocycles. The van der Waals surface area contributed by atoms with Gasteiger partial charge in [0.15, 0.2) is 0 Å². The number of likely N-dealkylation sites (N-methyl/N-ethyl adjacent to an activating group) is 1. The van der Waals surface area contributed by atoms with Gasteiger partial charge in [0, 0.05) is 63.9 Å². The Kier molecular flexibility index (Phi) is 12.1. The Bertz CT molecular complexity index is 1230. The number of hydrogen-bond donors (Lipinski definition) is 1. The normalized spacial score (nSPS) is 13.8. The van der Waals surface area contributed by atoms with E-state index in [0.717, 1.165) is 42.8 Å². The van der Waals surface area contributed by atoms with Crippen LogP contribution < -0.4 is 5.32 Å². The van der Waals surface area contributed by atoms with Crippen LogP contribution in [0.2, 0.25) is 0 Å². The SMILES string of the molecule is CCCN(CCC)C(=O)c1c(NC(=O)c2ccc(S(=O)(=O)N(CCOC)CCOC)cc2)sc2c1CCN(C)C2. The molecular formula is C28H42N4O6S2. The summed E-state index contributed by atoms with van der Waals surface area (Å²) in [7, 11) is 1.27. The number of methoxy groups -OCH3 is 2. The van der Waals surface area contributed by atoms with Gasteiger partial charge in [0.05, 0.1) is 23.7 Å². The van der Waals surface area contributed by atoms with Crippen LogP contribution in [-0.2, 0) is 32.5 Å². The van der Waals surface area contributed by atoms with Gasteiger partial charge in [0.25, 0.3) is 11.8 Å². The van der Waals surface area contributed by atoms with Crippen LogP contribution in [0, 0.1) is 0 Å². The van der Waals surface area contributed by atoms with Crippen LogP contribution >= 0.6 is 11.3 Å². The van der Waals surface area contributed by atoms with Crippen molar-refractivity contribution in [1.82, 2.24) is 14.1 Å². The Hall–Kier alpha value is -2.35. The Balaban J connectivity index is 1.87. The van der Waals surface area contributed by atoms with Crippen LogP contribution in [0.15, 0.2) is 29.2 Å². The summed E-state index contributed by atoms with van der Waals surface area (Å²) in [5, 5.41) is 3.53. The van der Waals surface area contributed by atoms with E-state index in [1.54, 1.807) is 0 Å². The summed E-state index contributed by atoms with van der Waals surface area (Å²) in [5.41, 5.74) is 1.92. The molecular weight excluding hydrogens is 552 g/mol. The van der Waals surface area contributed by atoms with E-state index >= 15 is 0 Å². The molecule has 40 heavy (non-hydrogen) atoms. The Morgan fingerprint density at radius 1 is 1.00 bits per heavy atom. The number of amides is 2. The topological polar surface area (TPSA) is 108 Å². The molecule has 12 heteroatoms. The Labute approximate surface area is 242 Å². The third-order valence-electron chi connectivity index (χ3n) is 6.81. The molecule has 0 saturated heterocycles. The van der Waals surface area contributed by atoms with Crippen molar-refractivity contribution in [2.45, 2.75) is 44.6 Å². The second kappa shape index (κ2) is 15.0. The van der Waals surface area contributed by atoms with Crippen LogP contribution in [0.4, 0.5) is 5.00 Å². The number of hydrogen-bond acceptors (Lipinski definition) is 8. The molecule has 0 bridgehead atoms. The number of carbonyl (C=O) groups is 2. The second-order valence-corrected chi connectivity index (χ2v) is 12.9. The Morgan fingerprint density at radius 2 is 1.60 bits per heavy atom. The maximum atomic E-state index is 13.7. The van der Waals surface area contributed by atoms with Crippen molar-refractivity contribution >= 4 is 38.2 Å². The molecule has 1 aliphatic rings. The summed E-state index contributed by atoms with van der Waals surface area (Å²) in [4.78, 5) is 32.3. The number of thiophene rings is 1. The first-order chi connectivity index (χ1) is 19.2. The van der Waals surface area contributed by atoms with E-state index in [2.05, 4.69) is 24.1 Å². The molecule has 1 N–H and O–H groups in total. The fourth-order valence-corrected chi connectivity index (χ4v) is 7.42. The minimum Gasteiger partial charge on any atom is -0.383 e. The molecule has 0 unspecified atom stereocenters. The van der Waals surface area contributed by atoms with E-state index in [9.17, 15) is 18.0 Å². The lowest BCUT2D eigenvalue weighted by molar-refractivity contribution is 0.0755. The summed E-state index contributed by atoms with van der Waals surface area (Å²) >= 11 is 1.45. The quantitative estimate of drug-likeness (QED) is 0.336. The van der Waals surface area contributed by atoms with E-state index in [4.69, 9.17) is 9.47 Å². The summed E-state index contributed by atoms with van der Waals surface area (Å²) in [5.74, 6) is -0.437. The van der Waals surface area contributed by atoms with Crippen molar-refractivity contribution in [3.63, 3.8) is 0 Å². The molecule has 222 valence electrons. The van der Waals surface area contributed by atoms with E-state index in [1.165, 1.54) is 54.1 Å². The van der Waals surface area contributed by atoms with Gasteiger partial charge in [0.2, 0.25) is 10.0 Å². The van der Waals surface area contributed by atoms with Crippen molar-refractivity contribution in [2.75, 3.05) is 72.5 Å². The van der Waals surface area contributed by atoms with Crippen molar-refractivity contribution < 1.29 is 27.5 Å². The van der Waals surface area contributed by atoms with Gasteiger partial charge in [-0.2, -0.15) is 4.31 Å². The molecule has 2 amide bonds. The molecule has 0 atom stereocenters. The zero-order chi connectivity index (χ0) is 29.3. The lowest BCUT2D eigenvalue weighted by Crippen LogP contribution is -2.36. The minimum atomic E-state index is -3.80. The van der Waals surface area contributed by atoms with Gasteiger partial charge in [-0.1, -0.05) is 13.8 Å². The first-order valence-corrected chi connectivity index (χ1v) is 15.9. The predicted molar refractivity (Wildman–Crippen MR) is 158 cm³/mol. The standard InChI is InChI=1S/C28H42N4O6S2/c1-6-13-31(14-7-2)28(34)25-23-12-15-30(3)20-24(23)39-27(25)29-26(33)21-8-10-22(11-9-21)40(35,36)32(16-18-37-4)17-19-38-5/h8-11H,6-7,12-20H2,1-5H3,(H,29,33). The smallest absolute Gasteiger partial charge is 0.257 e. The van der Waals surface area contributed by atoms with Gasteiger partial charge in [-0.3, -0.25) is 9.59 Å². The van der Waals surface area contributed by atoms with Crippen LogP contribution in [-0.4, -0.2) is 102 Å². The first-order valence-electron chi connectivity index (χ1n) is 13.7. The summed E-state index contributed by atoms with van der Waals surface area (Å²) in [6, 6.07) is 5.86. The van der Waals surface area contributed by atoms with Crippen LogP contribution in [0.5, 0.6) is 0 Å². The average Bonchev–Trinajstić information content (AvgIpc) is 3.29. The zero-order valence-corrected chi connectivity index (χ0v) is 25.8. The van der Waals surface area contributed by atoms with Crippen molar-refractivity contribution in [3.8, 4) is 0 Å². The number of benzene rings is 1. The molecule has 3 rings (SSSR count). The highest BCUT2D eigenvalue weighted by Crippen LogP contribution is 2.38. The number of rotatable bonds is 15. The lowest BCUT2D eigenvalue weighted by Gasteiger charge is -2.25. The van der Waals surface area contributed by atoms with Crippen molar-refractivity contribution in [2.24, 2.45) is 0 Å². The van der Waals surface area contributed by atoms with E-state index in [-0.39, 0.29) is 37.1 Å². The fraction of sp³-hybridized carbons (Fsp3) is 0.571. The third-order valence-corrected chi connectivity index (χ3v) is 9.85. The zero-order valence-electron chi connectivity index (χ0n) is 24.2. The molecule has 1 aromatic heterocycles. The van der Waals surface area contributed by atoms with Gasteiger partial charge in [-0.15, -0.1) is 11.3 Å². The summed E-state index contributed by atoms with van der Waals surface area (Å²) in [6.45, 7) is 7.87. The minimum absolute atomic E-state index is 0.0466. The number of sulfonamides is 1. The molecule has 0 fully saturated rings.